The van der Waals surface area contributed by atoms with Crippen molar-refractivity contribution in [2.45, 2.75) is 42.4 Å². The van der Waals surface area contributed by atoms with Gasteiger partial charge in [0.05, 0.1) is 11.8 Å². The van der Waals surface area contributed by atoms with E-state index in [-0.39, 0.29) is 24.3 Å². The van der Waals surface area contributed by atoms with Crippen LogP contribution in [0.3, 0.4) is 0 Å². The molecule has 1 aliphatic heterocycles. The maximum Gasteiger partial charge on any atom is 0.235 e. The number of likely N-dealkylation sites (tertiary alicyclic amines) is 1. The van der Waals surface area contributed by atoms with Crippen LogP contribution in [0.4, 0.5) is 5.69 Å². The van der Waals surface area contributed by atoms with Crippen molar-refractivity contribution in [3.63, 3.8) is 0 Å². The second-order valence-electron chi connectivity index (χ2n) is 10.5. The van der Waals surface area contributed by atoms with Crippen molar-refractivity contribution in [2.75, 3.05) is 11.9 Å². The van der Waals surface area contributed by atoms with Gasteiger partial charge in [-0.1, -0.05) is 67.1 Å². The molecule has 1 saturated heterocycles. The fraction of sp³-hybridized carbons (Fsp3) is 0.323. The van der Waals surface area contributed by atoms with E-state index in [0.29, 0.717) is 25.7 Å². The SMILES string of the molecule is Cc1cccc(NC(=O)CCCCCN2C(=O)[C@H]3[C@H](C2=O)C2(Cl)c4ccccc4C3(Cl)c3ccccc32)c1. The molecule has 2 bridgehead atoms. The lowest BCUT2D eigenvalue weighted by atomic mass is 9.54. The molecule has 1 N–H and O–H groups in total. The van der Waals surface area contributed by atoms with Crippen LogP contribution in [-0.4, -0.2) is 29.2 Å². The Balaban J connectivity index is 1.17. The van der Waals surface area contributed by atoms with Crippen LogP contribution in [-0.2, 0) is 24.1 Å². The van der Waals surface area contributed by atoms with Gasteiger partial charge in [0.1, 0.15) is 9.75 Å². The second-order valence-corrected chi connectivity index (χ2v) is 11.7. The third kappa shape index (κ3) is 3.55. The molecule has 0 radical (unpaired) electrons. The number of hydrogen-bond donors (Lipinski definition) is 1. The molecule has 4 aliphatic rings. The summed E-state index contributed by atoms with van der Waals surface area (Å²) in [6.07, 6.45) is 2.36. The zero-order valence-electron chi connectivity index (χ0n) is 21.0. The third-order valence-corrected chi connectivity index (χ3v) is 9.55. The number of nitrogens with one attached hydrogen (secondary N) is 1. The van der Waals surface area contributed by atoms with Gasteiger partial charge >= 0.3 is 0 Å². The Hall–Kier alpha value is -3.15. The molecule has 0 spiro atoms. The first-order valence-electron chi connectivity index (χ1n) is 13.1. The maximum atomic E-state index is 13.8. The van der Waals surface area contributed by atoms with Crippen molar-refractivity contribution < 1.29 is 14.4 Å². The lowest BCUT2D eigenvalue weighted by Crippen LogP contribution is -2.57. The summed E-state index contributed by atoms with van der Waals surface area (Å²) in [5, 5.41) is 2.92. The first-order valence-corrected chi connectivity index (χ1v) is 13.8. The highest BCUT2D eigenvalue weighted by atomic mass is 35.5. The summed E-state index contributed by atoms with van der Waals surface area (Å²) >= 11 is 14.9. The molecular weight excluding hydrogens is 519 g/mol. The molecular formula is C31H28Cl2N2O3. The molecule has 0 unspecified atom stereocenters. The smallest absolute Gasteiger partial charge is 0.235 e. The van der Waals surface area contributed by atoms with Gasteiger partial charge in [0.2, 0.25) is 17.7 Å². The minimum absolute atomic E-state index is 0.0461. The van der Waals surface area contributed by atoms with Gasteiger partial charge in [-0.3, -0.25) is 19.3 Å². The van der Waals surface area contributed by atoms with E-state index >= 15 is 0 Å². The average molecular weight is 547 g/mol. The number of benzene rings is 3. The lowest BCUT2D eigenvalue weighted by molar-refractivity contribution is -0.140. The van der Waals surface area contributed by atoms with Gasteiger partial charge in [-0.25, -0.2) is 0 Å². The molecule has 7 rings (SSSR count). The summed E-state index contributed by atoms with van der Waals surface area (Å²) in [6.45, 7) is 2.27. The molecule has 3 aromatic rings. The predicted molar refractivity (Wildman–Crippen MR) is 148 cm³/mol. The van der Waals surface area contributed by atoms with Crippen molar-refractivity contribution in [3.8, 4) is 0 Å². The van der Waals surface area contributed by atoms with E-state index in [9.17, 15) is 14.4 Å². The molecule has 1 heterocycles. The average Bonchev–Trinajstić information content (AvgIpc) is 3.17. The first kappa shape index (κ1) is 25.1. The lowest BCUT2D eigenvalue weighted by Gasteiger charge is -2.54. The monoisotopic (exact) mass is 546 g/mol. The van der Waals surface area contributed by atoms with Gasteiger partial charge in [-0.15, -0.1) is 23.2 Å². The zero-order chi connectivity index (χ0) is 26.7. The normalized spacial score (nSPS) is 26.7. The van der Waals surface area contributed by atoms with E-state index < -0.39 is 21.6 Å². The minimum Gasteiger partial charge on any atom is -0.326 e. The fourth-order valence-corrected chi connectivity index (χ4v) is 7.72. The standard InChI is InChI=1S/C31H28Cl2N2O3/c1-19-10-9-11-20(18-19)34-25(36)16-3-2-8-17-35-28(37)26-27(29(35)38)31(33)22-13-5-4-12-21(22)30(26,32)23-14-6-7-15-24(23)31/h4-7,9-15,18,26-27H,2-3,8,16-17H2,1H3,(H,34,36)/t26-,27-,30?,31?/m1/s1. The van der Waals surface area contributed by atoms with Crippen LogP contribution in [0.5, 0.6) is 0 Å². The zero-order valence-corrected chi connectivity index (χ0v) is 22.6. The number of carbonyl (C=O) groups is 3. The third-order valence-electron chi connectivity index (χ3n) is 8.26. The van der Waals surface area contributed by atoms with Gasteiger partial charge in [0.25, 0.3) is 0 Å². The number of anilines is 1. The van der Waals surface area contributed by atoms with E-state index in [1.165, 1.54) is 4.90 Å². The van der Waals surface area contributed by atoms with Gasteiger partial charge in [0.15, 0.2) is 0 Å². The predicted octanol–water partition coefficient (Wildman–Crippen LogP) is 6.09. The second kappa shape index (κ2) is 9.25. The van der Waals surface area contributed by atoms with Crippen LogP contribution in [0, 0.1) is 18.8 Å². The Morgan fingerprint density at radius 1 is 0.789 bits per heavy atom. The Morgan fingerprint density at radius 3 is 1.82 bits per heavy atom. The quantitative estimate of drug-likeness (QED) is 0.221. The summed E-state index contributed by atoms with van der Waals surface area (Å²) in [4.78, 5) is 39.0. The molecule has 3 amide bonds. The van der Waals surface area contributed by atoms with Gasteiger partial charge in [0, 0.05) is 18.7 Å². The van der Waals surface area contributed by atoms with E-state index in [0.717, 1.165) is 33.5 Å². The van der Waals surface area contributed by atoms with Crippen LogP contribution < -0.4 is 5.32 Å². The molecule has 0 aromatic heterocycles. The van der Waals surface area contributed by atoms with Crippen LogP contribution >= 0.6 is 23.2 Å². The molecule has 194 valence electrons. The number of imide groups is 1. The first-order chi connectivity index (χ1) is 18.3. The van der Waals surface area contributed by atoms with E-state index in [1.807, 2.05) is 79.7 Å². The molecule has 3 aromatic carbocycles. The van der Waals surface area contributed by atoms with Crippen molar-refractivity contribution in [3.05, 3.63) is 101 Å². The number of nitrogens with zero attached hydrogens (tertiary/aromatic N) is 1. The van der Waals surface area contributed by atoms with Crippen LogP contribution in [0.1, 0.15) is 53.5 Å². The Kier molecular flexibility index (Phi) is 6.12. The Morgan fingerprint density at radius 2 is 1.32 bits per heavy atom. The number of unbranched alkanes of at least 4 members (excludes halogenated alkanes) is 2. The largest absolute Gasteiger partial charge is 0.326 e. The summed E-state index contributed by atoms with van der Waals surface area (Å²) in [6, 6.07) is 23.0. The number of halogens is 2. The number of amides is 3. The minimum atomic E-state index is -1.15. The van der Waals surface area contributed by atoms with Crippen LogP contribution in [0.25, 0.3) is 0 Å². The van der Waals surface area contributed by atoms with E-state index in [1.54, 1.807) is 0 Å². The van der Waals surface area contributed by atoms with Gasteiger partial charge < -0.3 is 5.32 Å². The van der Waals surface area contributed by atoms with Gasteiger partial charge in [-0.05, 0) is 59.7 Å². The highest BCUT2D eigenvalue weighted by Crippen LogP contribution is 2.69. The number of hydrogen-bond acceptors (Lipinski definition) is 3. The molecule has 5 nitrogen and oxygen atoms in total. The topological polar surface area (TPSA) is 66.5 Å². The van der Waals surface area contributed by atoms with Crippen molar-refractivity contribution in [2.24, 2.45) is 11.8 Å². The maximum absolute atomic E-state index is 13.8. The van der Waals surface area contributed by atoms with Gasteiger partial charge in [-0.2, -0.15) is 0 Å². The highest BCUT2D eigenvalue weighted by molar-refractivity contribution is 6.36. The van der Waals surface area contributed by atoms with Crippen molar-refractivity contribution >= 4 is 46.6 Å². The number of carbonyl (C=O) groups excluding carboxylic acids is 3. The number of alkyl halides is 2. The Labute approximate surface area is 232 Å². The molecule has 0 saturated carbocycles. The molecule has 1 fully saturated rings. The number of rotatable bonds is 7. The highest BCUT2D eigenvalue weighted by Gasteiger charge is 2.72. The van der Waals surface area contributed by atoms with Crippen LogP contribution in [0.15, 0.2) is 72.8 Å². The fourth-order valence-electron chi connectivity index (χ4n) is 6.62. The van der Waals surface area contributed by atoms with E-state index in [2.05, 4.69) is 5.32 Å². The molecule has 38 heavy (non-hydrogen) atoms. The summed E-state index contributed by atoms with van der Waals surface area (Å²) in [5.41, 5.74) is 5.09. The van der Waals surface area contributed by atoms with Crippen LogP contribution in [0.2, 0.25) is 0 Å². The van der Waals surface area contributed by atoms with Crippen molar-refractivity contribution in [1.29, 1.82) is 0 Å². The van der Waals surface area contributed by atoms with E-state index in [4.69, 9.17) is 23.2 Å². The molecule has 7 heteroatoms. The number of aryl methyl sites for hydroxylation is 1. The van der Waals surface area contributed by atoms with Crippen molar-refractivity contribution in [1.82, 2.24) is 4.90 Å². The molecule has 2 atom stereocenters. The molecule has 3 aliphatic carbocycles. The summed E-state index contributed by atoms with van der Waals surface area (Å²) < 4.78 is 0. The summed E-state index contributed by atoms with van der Waals surface area (Å²) in [5.74, 6) is -2.10. The summed E-state index contributed by atoms with van der Waals surface area (Å²) in [7, 11) is 0. The Bertz CT molecular complexity index is 1350.